The molecule has 3 rings (SSSR count). The summed E-state index contributed by atoms with van der Waals surface area (Å²) in [6.07, 6.45) is -5.82. The fraction of sp³-hybridized carbons (Fsp3) is 0.150. The second-order valence-electron chi connectivity index (χ2n) is 6.20. The molecule has 29 heavy (non-hydrogen) atoms. The van der Waals surface area contributed by atoms with Crippen molar-refractivity contribution < 1.29 is 18.0 Å². The van der Waals surface area contributed by atoms with Gasteiger partial charge in [0, 0.05) is 11.3 Å². The first-order valence-corrected chi connectivity index (χ1v) is 9.48. The number of alkyl halides is 6. The molecule has 3 nitrogen and oxygen atoms in total. The van der Waals surface area contributed by atoms with Crippen LogP contribution in [0.2, 0.25) is 0 Å². The Bertz CT molecular complexity index is 1030. The SMILES string of the molecule is O=C(N[C@H](Nc1cccc(C(F)(F)F)c1)C(Cl)(Cl)Cl)c1cccc2ccccc12. The van der Waals surface area contributed by atoms with Gasteiger partial charge in [-0.2, -0.15) is 13.2 Å². The van der Waals surface area contributed by atoms with Crippen LogP contribution < -0.4 is 10.6 Å². The molecule has 0 saturated heterocycles. The van der Waals surface area contributed by atoms with E-state index in [9.17, 15) is 18.0 Å². The van der Waals surface area contributed by atoms with E-state index in [2.05, 4.69) is 10.6 Å². The lowest BCUT2D eigenvalue weighted by Crippen LogP contribution is -2.49. The molecule has 0 aliphatic heterocycles. The number of anilines is 1. The summed E-state index contributed by atoms with van der Waals surface area (Å²) in [6, 6.07) is 16.8. The molecule has 1 amide bonds. The van der Waals surface area contributed by atoms with Crippen molar-refractivity contribution in [3.05, 3.63) is 77.9 Å². The number of hydrogen-bond donors (Lipinski definition) is 2. The first kappa shape index (κ1) is 21.6. The van der Waals surface area contributed by atoms with Crippen LogP contribution >= 0.6 is 34.8 Å². The summed E-state index contributed by atoms with van der Waals surface area (Å²) in [7, 11) is 0. The Morgan fingerprint density at radius 3 is 2.24 bits per heavy atom. The number of carbonyl (C=O) groups is 1. The van der Waals surface area contributed by atoms with Crippen molar-refractivity contribution in [2.24, 2.45) is 0 Å². The number of hydrogen-bond acceptors (Lipinski definition) is 2. The molecule has 0 heterocycles. The molecule has 0 aromatic heterocycles. The summed E-state index contributed by atoms with van der Waals surface area (Å²) in [5, 5.41) is 6.73. The Morgan fingerprint density at radius 2 is 1.55 bits per heavy atom. The summed E-state index contributed by atoms with van der Waals surface area (Å²) in [5.74, 6) is -0.544. The molecular weight excluding hydrogens is 448 g/mol. The number of rotatable bonds is 4. The number of halogens is 6. The molecule has 0 bridgehead atoms. The van der Waals surface area contributed by atoms with Gasteiger partial charge < -0.3 is 10.6 Å². The highest BCUT2D eigenvalue weighted by atomic mass is 35.6. The third kappa shape index (κ3) is 5.26. The van der Waals surface area contributed by atoms with Crippen molar-refractivity contribution in [2.75, 3.05) is 5.32 Å². The van der Waals surface area contributed by atoms with Crippen LogP contribution in [0.25, 0.3) is 10.8 Å². The summed E-state index contributed by atoms with van der Waals surface area (Å²) >= 11 is 17.9. The Balaban J connectivity index is 1.88. The van der Waals surface area contributed by atoms with Gasteiger partial charge in [-0.25, -0.2) is 0 Å². The number of carbonyl (C=O) groups excluding carboxylic acids is 1. The van der Waals surface area contributed by atoms with Crippen molar-refractivity contribution >= 4 is 57.2 Å². The molecular formula is C20H14Cl3F3N2O. The predicted octanol–water partition coefficient (Wildman–Crippen LogP) is 6.40. The minimum Gasteiger partial charge on any atom is -0.362 e. The van der Waals surface area contributed by atoms with Crippen LogP contribution in [0.5, 0.6) is 0 Å². The van der Waals surface area contributed by atoms with Crippen molar-refractivity contribution in [3.8, 4) is 0 Å². The first-order valence-electron chi connectivity index (χ1n) is 8.35. The van der Waals surface area contributed by atoms with E-state index < -0.39 is 27.6 Å². The van der Waals surface area contributed by atoms with Crippen molar-refractivity contribution in [1.29, 1.82) is 0 Å². The van der Waals surface area contributed by atoms with Crippen LogP contribution in [0.15, 0.2) is 66.7 Å². The Hall–Kier alpha value is -2.15. The van der Waals surface area contributed by atoms with Crippen molar-refractivity contribution in [2.45, 2.75) is 16.1 Å². The van der Waals surface area contributed by atoms with Crippen molar-refractivity contribution in [1.82, 2.24) is 5.32 Å². The van der Waals surface area contributed by atoms with E-state index in [1.54, 1.807) is 24.3 Å². The maximum absolute atomic E-state index is 12.9. The summed E-state index contributed by atoms with van der Waals surface area (Å²) in [5.41, 5.74) is -0.492. The van der Waals surface area contributed by atoms with Crippen LogP contribution in [-0.2, 0) is 6.18 Å². The fourth-order valence-corrected chi connectivity index (χ4v) is 3.11. The average molecular weight is 462 g/mol. The zero-order chi connectivity index (χ0) is 21.2. The van der Waals surface area contributed by atoms with Crippen LogP contribution in [0.4, 0.5) is 18.9 Å². The van der Waals surface area contributed by atoms with Crippen LogP contribution in [0.1, 0.15) is 15.9 Å². The van der Waals surface area contributed by atoms with E-state index in [0.29, 0.717) is 10.9 Å². The van der Waals surface area contributed by atoms with Crippen LogP contribution in [0.3, 0.4) is 0 Å². The van der Waals surface area contributed by atoms with Gasteiger partial charge >= 0.3 is 6.18 Å². The summed E-state index contributed by atoms with van der Waals surface area (Å²) in [6.45, 7) is 0. The number of nitrogens with one attached hydrogen (secondary N) is 2. The average Bonchev–Trinajstić information content (AvgIpc) is 2.66. The molecule has 2 N–H and O–H groups in total. The highest BCUT2D eigenvalue weighted by Gasteiger charge is 2.35. The molecule has 0 fully saturated rings. The van der Waals surface area contributed by atoms with Gasteiger partial charge in [-0.15, -0.1) is 0 Å². The molecule has 9 heteroatoms. The van der Waals surface area contributed by atoms with Gasteiger partial charge in [-0.05, 0) is 35.0 Å². The first-order chi connectivity index (χ1) is 13.6. The molecule has 0 unspecified atom stereocenters. The molecule has 3 aromatic rings. The maximum Gasteiger partial charge on any atom is 0.416 e. The number of fused-ring (bicyclic) bond motifs is 1. The molecule has 0 saturated carbocycles. The van der Waals surface area contributed by atoms with E-state index in [1.165, 1.54) is 12.1 Å². The fourth-order valence-electron chi connectivity index (χ4n) is 2.78. The van der Waals surface area contributed by atoms with Gasteiger partial charge in [-0.1, -0.05) is 77.3 Å². The van der Waals surface area contributed by atoms with E-state index in [-0.39, 0.29) is 5.69 Å². The number of benzene rings is 3. The minimum absolute atomic E-state index is 0.0365. The lowest BCUT2D eigenvalue weighted by atomic mass is 10.0. The van der Waals surface area contributed by atoms with E-state index in [0.717, 1.165) is 17.5 Å². The lowest BCUT2D eigenvalue weighted by molar-refractivity contribution is -0.137. The van der Waals surface area contributed by atoms with Gasteiger partial charge in [0.15, 0.2) is 0 Å². The highest BCUT2D eigenvalue weighted by molar-refractivity contribution is 6.68. The molecule has 1 atom stereocenters. The highest BCUT2D eigenvalue weighted by Crippen LogP contribution is 2.34. The monoisotopic (exact) mass is 460 g/mol. The molecule has 3 aromatic carbocycles. The molecule has 0 spiro atoms. The zero-order valence-corrected chi connectivity index (χ0v) is 16.9. The predicted molar refractivity (Wildman–Crippen MR) is 111 cm³/mol. The van der Waals surface area contributed by atoms with Crippen molar-refractivity contribution in [3.63, 3.8) is 0 Å². The van der Waals surface area contributed by atoms with E-state index in [1.807, 2.05) is 18.2 Å². The minimum atomic E-state index is -4.53. The number of amides is 1. The molecule has 0 aliphatic carbocycles. The molecule has 152 valence electrons. The van der Waals surface area contributed by atoms with Crippen LogP contribution in [-0.4, -0.2) is 15.9 Å². The molecule has 0 aliphatic rings. The van der Waals surface area contributed by atoms with Gasteiger partial charge in [0.1, 0.15) is 6.17 Å². The Morgan fingerprint density at radius 1 is 0.897 bits per heavy atom. The van der Waals surface area contributed by atoms with E-state index in [4.69, 9.17) is 34.8 Å². The zero-order valence-electron chi connectivity index (χ0n) is 14.6. The van der Waals surface area contributed by atoms with Gasteiger partial charge in [0.25, 0.3) is 5.91 Å². The largest absolute Gasteiger partial charge is 0.416 e. The summed E-state index contributed by atoms with van der Waals surface area (Å²) in [4.78, 5) is 12.8. The van der Waals surface area contributed by atoms with E-state index >= 15 is 0 Å². The maximum atomic E-state index is 12.9. The topological polar surface area (TPSA) is 41.1 Å². The van der Waals surface area contributed by atoms with Gasteiger partial charge in [0.2, 0.25) is 3.79 Å². The van der Waals surface area contributed by atoms with Gasteiger partial charge in [-0.3, -0.25) is 4.79 Å². The van der Waals surface area contributed by atoms with Gasteiger partial charge in [0.05, 0.1) is 5.56 Å². The quantitative estimate of drug-likeness (QED) is 0.349. The third-order valence-corrected chi connectivity index (χ3v) is 4.79. The standard InChI is InChI=1S/C20H14Cl3F3N2O/c21-19(22,23)18(27-14-8-4-7-13(11-14)20(24,25)26)28-17(29)16-10-3-6-12-5-1-2-9-15(12)16/h1-11,18,27H,(H,28,29)/t18-/m0/s1. The molecule has 0 radical (unpaired) electrons. The normalized spacial score (nSPS) is 13.2. The smallest absolute Gasteiger partial charge is 0.362 e. The lowest BCUT2D eigenvalue weighted by Gasteiger charge is -2.28. The van der Waals surface area contributed by atoms with Crippen LogP contribution in [0, 0.1) is 0 Å². The third-order valence-electron chi connectivity index (χ3n) is 4.14. The summed E-state index contributed by atoms with van der Waals surface area (Å²) < 4.78 is 36.8. The second kappa shape index (κ2) is 8.30. The Labute approximate surface area is 179 Å². The Kier molecular flexibility index (Phi) is 6.17. The second-order valence-corrected chi connectivity index (χ2v) is 8.57.